The molecule has 0 radical (unpaired) electrons. The first kappa shape index (κ1) is 11.7. The molecule has 0 spiro atoms. The highest BCUT2D eigenvalue weighted by Gasteiger charge is 2.23. The Bertz CT molecular complexity index is 379. The van der Waals surface area contributed by atoms with E-state index < -0.39 is 0 Å². The highest BCUT2D eigenvalue weighted by Crippen LogP contribution is 2.36. The number of benzene rings is 1. The van der Waals surface area contributed by atoms with Crippen molar-refractivity contribution in [3.05, 3.63) is 23.8 Å². The lowest BCUT2D eigenvalue weighted by Crippen LogP contribution is -2.32. The van der Waals surface area contributed by atoms with Gasteiger partial charge >= 0.3 is 0 Å². The van der Waals surface area contributed by atoms with Gasteiger partial charge in [0.25, 0.3) is 0 Å². The second-order valence-electron chi connectivity index (χ2n) is 4.51. The maximum atomic E-state index is 5.39. The summed E-state index contributed by atoms with van der Waals surface area (Å²) >= 11 is 3.37. The number of rotatable bonds is 4. The van der Waals surface area contributed by atoms with Crippen LogP contribution in [0.3, 0.4) is 0 Å². The molecule has 0 aliphatic carbocycles. The predicted molar refractivity (Wildman–Crippen MR) is 67.4 cm³/mol. The second-order valence-corrected chi connectivity index (χ2v) is 5.07. The van der Waals surface area contributed by atoms with Crippen LogP contribution in [0.5, 0.6) is 11.5 Å². The van der Waals surface area contributed by atoms with Crippen LogP contribution in [0.1, 0.15) is 19.4 Å². The lowest BCUT2D eigenvalue weighted by atomic mass is 9.84. The van der Waals surface area contributed by atoms with E-state index in [9.17, 15) is 0 Å². The average Bonchev–Trinajstić information content (AvgIpc) is 2.73. The first-order valence-electron chi connectivity index (χ1n) is 5.30. The molecule has 0 aromatic heterocycles. The van der Waals surface area contributed by atoms with E-state index in [1.807, 2.05) is 6.07 Å². The summed E-state index contributed by atoms with van der Waals surface area (Å²) in [6.45, 7) is 5.66. The Labute approximate surface area is 104 Å². The zero-order valence-corrected chi connectivity index (χ0v) is 11.1. The molecule has 0 saturated carbocycles. The number of hydrogen-bond donors (Lipinski definition) is 1. The van der Waals surface area contributed by atoms with E-state index >= 15 is 0 Å². The van der Waals surface area contributed by atoms with E-state index in [-0.39, 0.29) is 5.41 Å². The van der Waals surface area contributed by atoms with Gasteiger partial charge in [-0.15, -0.1) is 0 Å². The molecule has 1 aromatic rings. The van der Waals surface area contributed by atoms with E-state index in [1.54, 1.807) is 0 Å². The summed E-state index contributed by atoms with van der Waals surface area (Å²) in [6, 6.07) is 6.15. The van der Waals surface area contributed by atoms with Gasteiger partial charge in [-0.1, -0.05) is 35.8 Å². The van der Waals surface area contributed by atoms with Gasteiger partial charge in [-0.05, 0) is 17.7 Å². The Balaban J connectivity index is 2.20. The van der Waals surface area contributed by atoms with Gasteiger partial charge in [0.2, 0.25) is 6.79 Å². The molecule has 0 bridgehead atoms. The summed E-state index contributed by atoms with van der Waals surface area (Å²) in [7, 11) is 0. The molecule has 1 N–H and O–H groups in total. The zero-order valence-electron chi connectivity index (χ0n) is 9.55. The SMILES string of the molecule is CC(C)(CNCBr)c1ccc2c(c1)OCO2. The van der Waals surface area contributed by atoms with Crippen LogP contribution in [0, 0.1) is 0 Å². The van der Waals surface area contributed by atoms with E-state index in [0.717, 1.165) is 23.5 Å². The average molecular weight is 286 g/mol. The van der Waals surface area contributed by atoms with Crippen LogP contribution in [-0.4, -0.2) is 18.8 Å². The molecule has 88 valence electrons. The second kappa shape index (κ2) is 4.63. The Morgan fingerprint density at radius 2 is 2.06 bits per heavy atom. The Kier molecular flexibility index (Phi) is 3.40. The minimum absolute atomic E-state index is 0.0781. The molecule has 1 heterocycles. The molecule has 0 fully saturated rings. The Morgan fingerprint density at radius 3 is 2.81 bits per heavy atom. The summed E-state index contributed by atoms with van der Waals surface area (Å²) in [5.41, 5.74) is 2.14. The van der Waals surface area contributed by atoms with Crippen molar-refractivity contribution in [1.29, 1.82) is 0 Å². The number of nitrogens with one attached hydrogen (secondary N) is 1. The summed E-state index contributed by atoms with van der Waals surface area (Å²) < 4.78 is 10.7. The van der Waals surface area contributed by atoms with Crippen LogP contribution >= 0.6 is 15.9 Å². The van der Waals surface area contributed by atoms with Gasteiger partial charge in [0, 0.05) is 12.0 Å². The van der Waals surface area contributed by atoms with Crippen LogP contribution in [0.15, 0.2) is 18.2 Å². The van der Waals surface area contributed by atoms with Crippen LogP contribution in [-0.2, 0) is 5.41 Å². The Hall–Kier alpha value is -0.740. The zero-order chi connectivity index (χ0) is 11.6. The molecule has 0 saturated heterocycles. The van der Waals surface area contributed by atoms with Gasteiger partial charge in [-0.2, -0.15) is 0 Å². The molecule has 1 aromatic carbocycles. The molecule has 16 heavy (non-hydrogen) atoms. The quantitative estimate of drug-likeness (QED) is 0.682. The van der Waals surface area contributed by atoms with Crippen molar-refractivity contribution >= 4 is 15.9 Å². The highest BCUT2D eigenvalue weighted by atomic mass is 79.9. The molecule has 2 rings (SSSR count). The van der Waals surface area contributed by atoms with Crippen LogP contribution in [0.2, 0.25) is 0 Å². The van der Waals surface area contributed by atoms with Crippen molar-refractivity contribution in [2.45, 2.75) is 19.3 Å². The molecular weight excluding hydrogens is 270 g/mol. The van der Waals surface area contributed by atoms with Gasteiger partial charge in [0.1, 0.15) is 0 Å². The molecular formula is C12H16BrNO2. The van der Waals surface area contributed by atoms with Gasteiger partial charge in [0.15, 0.2) is 11.5 Å². The van der Waals surface area contributed by atoms with Crippen molar-refractivity contribution in [3.8, 4) is 11.5 Å². The topological polar surface area (TPSA) is 30.5 Å². The van der Waals surface area contributed by atoms with Gasteiger partial charge < -0.3 is 14.8 Å². The minimum Gasteiger partial charge on any atom is -0.454 e. The standard InChI is InChI=1S/C12H16BrNO2/c1-12(2,6-14-7-13)9-3-4-10-11(5-9)16-8-15-10/h3-5,14H,6-8H2,1-2H3. The molecule has 1 aliphatic heterocycles. The van der Waals surface area contributed by atoms with E-state index in [1.165, 1.54) is 5.56 Å². The van der Waals surface area contributed by atoms with Crippen LogP contribution in [0.25, 0.3) is 0 Å². The fourth-order valence-corrected chi connectivity index (χ4v) is 1.98. The fourth-order valence-electron chi connectivity index (χ4n) is 1.78. The van der Waals surface area contributed by atoms with Crippen molar-refractivity contribution in [1.82, 2.24) is 5.32 Å². The summed E-state index contributed by atoms with van der Waals surface area (Å²) in [5.74, 6) is 1.69. The van der Waals surface area contributed by atoms with E-state index in [4.69, 9.17) is 9.47 Å². The maximum Gasteiger partial charge on any atom is 0.231 e. The molecule has 0 unspecified atom stereocenters. The maximum absolute atomic E-state index is 5.39. The molecule has 3 nitrogen and oxygen atoms in total. The van der Waals surface area contributed by atoms with Gasteiger partial charge in [-0.3, -0.25) is 0 Å². The summed E-state index contributed by atoms with van der Waals surface area (Å²) in [4.78, 5) is 0. The summed E-state index contributed by atoms with van der Waals surface area (Å²) in [5, 5.41) is 3.30. The molecule has 0 atom stereocenters. The van der Waals surface area contributed by atoms with Gasteiger partial charge in [0.05, 0.1) is 5.45 Å². The molecule has 1 aliphatic rings. The first-order chi connectivity index (χ1) is 7.63. The third-order valence-electron chi connectivity index (χ3n) is 2.82. The normalized spacial score (nSPS) is 14.2. The van der Waals surface area contributed by atoms with Crippen molar-refractivity contribution in [2.24, 2.45) is 0 Å². The number of alkyl halides is 1. The first-order valence-corrected chi connectivity index (χ1v) is 6.42. The van der Waals surface area contributed by atoms with E-state index in [2.05, 4.69) is 47.2 Å². The van der Waals surface area contributed by atoms with Crippen molar-refractivity contribution in [2.75, 3.05) is 18.8 Å². The van der Waals surface area contributed by atoms with Crippen molar-refractivity contribution < 1.29 is 9.47 Å². The third kappa shape index (κ3) is 2.33. The number of halogens is 1. The van der Waals surface area contributed by atoms with Crippen LogP contribution < -0.4 is 14.8 Å². The monoisotopic (exact) mass is 285 g/mol. The van der Waals surface area contributed by atoms with E-state index in [0.29, 0.717) is 6.79 Å². The highest BCUT2D eigenvalue weighted by molar-refractivity contribution is 9.09. The lowest BCUT2D eigenvalue weighted by molar-refractivity contribution is 0.174. The lowest BCUT2D eigenvalue weighted by Gasteiger charge is -2.25. The predicted octanol–water partition coefficient (Wildman–Crippen LogP) is 2.63. The summed E-state index contributed by atoms with van der Waals surface area (Å²) in [6.07, 6.45) is 0. The van der Waals surface area contributed by atoms with Crippen LogP contribution in [0.4, 0.5) is 0 Å². The number of fused-ring (bicyclic) bond motifs is 1. The van der Waals surface area contributed by atoms with Gasteiger partial charge in [-0.25, -0.2) is 0 Å². The number of ether oxygens (including phenoxy) is 2. The largest absolute Gasteiger partial charge is 0.454 e. The fraction of sp³-hybridized carbons (Fsp3) is 0.500. The minimum atomic E-state index is 0.0781. The Morgan fingerprint density at radius 1 is 1.31 bits per heavy atom. The number of hydrogen-bond acceptors (Lipinski definition) is 3. The molecule has 4 heteroatoms. The smallest absolute Gasteiger partial charge is 0.231 e. The van der Waals surface area contributed by atoms with Crippen molar-refractivity contribution in [3.63, 3.8) is 0 Å². The molecule has 0 amide bonds. The third-order valence-corrected chi connectivity index (χ3v) is 3.21.